The second-order valence-electron chi connectivity index (χ2n) is 6.07. The van der Waals surface area contributed by atoms with Crippen LogP contribution in [0.5, 0.6) is 5.75 Å². The molecule has 30 heavy (non-hydrogen) atoms. The molecule has 0 atom stereocenters. The van der Waals surface area contributed by atoms with E-state index in [1.807, 2.05) is 0 Å². The van der Waals surface area contributed by atoms with Crippen LogP contribution >= 0.6 is 11.6 Å². The standard InChI is InChI=1S/C20H16ClFN4O4/c1-30-14-5-2-12(3-6-14)24-20(29)17-8-9-19(28)26(25-17)11-18(27)23-13-4-7-16(22)15(21)10-13/h2-10H,11H2,1H3,(H,23,27)(H,24,29). The Bertz CT molecular complexity index is 1150. The second-order valence-corrected chi connectivity index (χ2v) is 6.48. The zero-order chi connectivity index (χ0) is 21.7. The maximum atomic E-state index is 13.2. The summed E-state index contributed by atoms with van der Waals surface area (Å²) in [7, 11) is 1.53. The number of rotatable bonds is 6. The lowest BCUT2D eigenvalue weighted by Crippen LogP contribution is -2.31. The molecule has 3 rings (SSSR count). The van der Waals surface area contributed by atoms with Crippen molar-refractivity contribution >= 4 is 34.8 Å². The molecule has 2 amide bonds. The minimum absolute atomic E-state index is 0.0527. The van der Waals surface area contributed by atoms with Crippen molar-refractivity contribution in [1.82, 2.24) is 9.78 Å². The van der Waals surface area contributed by atoms with Gasteiger partial charge in [-0.3, -0.25) is 14.4 Å². The van der Waals surface area contributed by atoms with E-state index < -0.39 is 29.7 Å². The van der Waals surface area contributed by atoms with Gasteiger partial charge < -0.3 is 15.4 Å². The molecule has 3 aromatic rings. The number of nitrogens with one attached hydrogen (secondary N) is 2. The number of hydrogen-bond donors (Lipinski definition) is 2. The Kier molecular flexibility index (Phi) is 6.43. The molecule has 0 aliphatic heterocycles. The highest BCUT2D eigenvalue weighted by atomic mass is 35.5. The molecular weight excluding hydrogens is 415 g/mol. The van der Waals surface area contributed by atoms with Crippen molar-refractivity contribution in [2.75, 3.05) is 17.7 Å². The largest absolute Gasteiger partial charge is 0.497 e. The van der Waals surface area contributed by atoms with E-state index in [9.17, 15) is 18.8 Å². The van der Waals surface area contributed by atoms with Crippen LogP contribution in [0.4, 0.5) is 15.8 Å². The third kappa shape index (κ3) is 5.21. The first-order valence-electron chi connectivity index (χ1n) is 8.64. The van der Waals surface area contributed by atoms with E-state index in [0.717, 1.165) is 16.8 Å². The van der Waals surface area contributed by atoms with Crippen molar-refractivity contribution in [1.29, 1.82) is 0 Å². The molecule has 0 saturated carbocycles. The number of carbonyl (C=O) groups excluding carboxylic acids is 2. The van der Waals surface area contributed by atoms with E-state index in [0.29, 0.717) is 11.4 Å². The van der Waals surface area contributed by atoms with Gasteiger partial charge in [-0.05, 0) is 48.5 Å². The molecule has 2 N–H and O–H groups in total. The normalized spacial score (nSPS) is 10.4. The van der Waals surface area contributed by atoms with Crippen LogP contribution in [0.15, 0.2) is 59.4 Å². The van der Waals surface area contributed by atoms with Gasteiger partial charge in [0.1, 0.15) is 23.8 Å². The zero-order valence-electron chi connectivity index (χ0n) is 15.7. The fourth-order valence-electron chi connectivity index (χ4n) is 2.46. The molecule has 154 valence electrons. The van der Waals surface area contributed by atoms with Gasteiger partial charge in [-0.2, -0.15) is 5.10 Å². The van der Waals surface area contributed by atoms with Gasteiger partial charge in [0.05, 0.1) is 12.1 Å². The topological polar surface area (TPSA) is 102 Å². The molecule has 0 unspecified atom stereocenters. The van der Waals surface area contributed by atoms with Crippen molar-refractivity contribution in [3.8, 4) is 5.75 Å². The monoisotopic (exact) mass is 430 g/mol. The smallest absolute Gasteiger partial charge is 0.276 e. The minimum atomic E-state index is -0.622. The van der Waals surface area contributed by atoms with Gasteiger partial charge in [-0.25, -0.2) is 9.07 Å². The lowest BCUT2D eigenvalue weighted by Gasteiger charge is -2.09. The number of carbonyl (C=O) groups is 2. The van der Waals surface area contributed by atoms with Gasteiger partial charge in [0.25, 0.3) is 11.5 Å². The van der Waals surface area contributed by atoms with Crippen LogP contribution in [0.2, 0.25) is 5.02 Å². The Labute approximate surface area is 175 Å². The molecule has 0 radical (unpaired) electrons. The van der Waals surface area contributed by atoms with E-state index in [1.54, 1.807) is 24.3 Å². The maximum Gasteiger partial charge on any atom is 0.276 e. The Morgan fingerprint density at radius 2 is 1.77 bits per heavy atom. The summed E-state index contributed by atoms with van der Waals surface area (Å²) < 4.78 is 19.1. The van der Waals surface area contributed by atoms with Crippen LogP contribution < -0.4 is 20.9 Å². The van der Waals surface area contributed by atoms with Crippen LogP contribution in [0, 0.1) is 5.82 Å². The maximum absolute atomic E-state index is 13.2. The number of anilines is 2. The van der Waals surface area contributed by atoms with E-state index >= 15 is 0 Å². The predicted molar refractivity (Wildman–Crippen MR) is 109 cm³/mol. The van der Waals surface area contributed by atoms with Crippen molar-refractivity contribution in [2.24, 2.45) is 0 Å². The number of hydrogen-bond acceptors (Lipinski definition) is 5. The van der Waals surface area contributed by atoms with E-state index in [-0.39, 0.29) is 16.4 Å². The number of amides is 2. The third-order valence-corrected chi connectivity index (χ3v) is 4.23. The number of halogens is 2. The molecule has 0 aliphatic rings. The Hall–Kier alpha value is -3.72. The quantitative estimate of drug-likeness (QED) is 0.626. The highest BCUT2D eigenvalue weighted by molar-refractivity contribution is 6.31. The first-order valence-corrected chi connectivity index (χ1v) is 9.02. The van der Waals surface area contributed by atoms with Gasteiger partial charge in [-0.15, -0.1) is 0 Å². The molecule has 10 heteroatoms. The fraction of sp³-hybridized carbons (Fsp3) is 0.100. The summed E-state index contributed by atoms with van der Waals surface area (Å²) in [6.45, 7) is -0.447. The summed E-state index contributed by atoms with van der Waals surface area (Å²) in [6, 6.07) is 12.7. The zero-order valence-corrected chi connectivity index (χ0v) is 16.4. The molecule has 0 saturated heterocycles. The Morgan fingerprint density at radius 1 is 1.07 bits per heavy atom. The van der Waals surface area contributed by atoms with Crippen molar-refractivity contribution in [2.45, 2.75) is 6.54 Å². The van der Waals surface area contributed by atoms with Crippen molar-refractivity contribution in [3.05, 3.63) is 81.5 Å². The molecule has 8 nitrogen and oxygen atoms in total. The highest BCUT2D eigenvalue weighted by Crippen LogP contribution is 2.19. The van der Waals surface area contributed by atoms with E-state index in [2.05, 4.69) is 15.7 Å². The summed E-state index contributed by atoms with van der Waals surface area (Å²) in [5.41, 5.74) is 0.144. The van der Waals surface area contributed by atoms with Gasteiger partial charge in [-0.1, -0.05) is 11.6 Å². The van der Waals surface area contributed by atoms with Crippen LogP contribution in [0.3, 0.4) is 0 Å². The SMILES string of the molecule is COc1ccc(NC(=O)c2ccc(=O)n(CC(=O)Nc3ccc(F)c(Cl)c3)n2)cc1. The summed E-state index contributed by atoms with van der Waals surface area (Å²) in [5.74, 6) is -1.14. The van der Waals surface area contributed by atoms with Gasteiger partial charge in [0.2, 0.25) is 5.91 Å². The Morgan fingerprint density at radius 3 is 2.43 bits per heavy atom. The number of benzene rings is 2. The van der Waals surface area contributed by atoms with Gasteiger partial charge in [0, 0.05) is 17.4 Å². The first-order chi connectivity index (χ1) is 14.4. The summed E-state index contributed by atoms with van der Waals surface area (Å²) in [4.78, 5) is 36.6. The average molecular weight is 431 g/mol. The van der Waals surface area contributed by atoms with Crippen molar-refractivity contribution in [3.63, 3.8) is 0 Å². The summed E-state index contributed by atoms with van der Waals surface area (Å²) >= 11 is 5.68. The third-order valence-electron chi connectivity index (χ3n) is 3.94. The van der Waals surface area contributed by atoms with Gasteiger partial charge >= 0.3 is 0 Å². The predicted octanol–water partition coefficient (Wildman–Crippen LogP) is 2.94. The van der Waals surface area contributed by atoms with Crippen LogP contribution in [0.1, 0.15) is 10.5 Å². The first kappa shape index (κ1) is 21.0. The number of nitrogens with zero attached hydrogens (tertiary/aromatic N) is 2. The molecule has 1 aromatic heterocycles. The number of aromatic nitrogens is 2. The van der Waals surface area contributed by atoms with Gasteiger partial charge in [0.15, 0.2) is 0 Å². The lowest BCUT2D eigenvalue weighted by atomic mass is 10.3. The summed E-state index contributed by atoms with van der Waals surface area (Å²) in [6.07, 6.45) is 0. The molecule has 0 aliphatic carbocycles. The molecule has 2 aromatic carbocycles. The van der Waals surface area contributed by atoms with Crippen LogP contribution in [-0.4, -0.2) is 28.7 Å². The van der Waals surface area contributed by atoms with Crippen LogP contribution in [-0.2, 0) is 11.3 Å². The molecule has 0 bridgehead atoms. The average Bonchev–Trinajstić information content (AvgIpc) is 2.73. The molecule has 1 heterocycles. The Balaban J connectivity index is 1.70. The number of ether oxygens (including phenoxy) is 1. The molecular formula is C20H16ClFN4O4. The number of methoxy groups -OCH3 is 1. The second kappa shape index (κ2) is 9.19. The fourth-order valence-corrected chi connectivity index (χ4v) is 2.64. The molecule has 0 fully saturated rings. The summed E-state index contributed by atoms with van der Waals surface area (Å²) in [5, 5.41) is 8.90. The van der Waals surface area contributed by atoms with Crippen molar-refractivity contribution < 1.29 is 18.7 Å². The minimum Gasteiger partial charge on any atom is -0.497 e. The highest BCUT2D eigenvalue weighted by Gasteiger charge is 2.13. The van der Waals surface area contributed by atoms with E-state index in [4.69, 9.17) is 16.3 Å². The van der Waals surface area contributed by atoms with Crippen LogP contribution in [0.25, 0.3) is 0 Å². The van der Waals surface area contributed by atoms with E-state index in [1.165, 1.54) is 25.3 Å². The lowest BCUT2D eigenvalue weighted by molar-refractivity contribution is -0.117. The molecule has 0 spiro atoms.